The minimum Gasteiger partial charge on any atom is -0.461 e. The quantitative estimate of drug-likeness (QED) is 0.143. The van der Waals surface area contributed by atoms with Crippen molar-refractivity contribution >= 4 is 52.9 Å². The van der Waals surface area contributed by atoms with Gasteiger partial charge in [-0.3, -0.25) is 19.2 Å². The van der Waals surface area contributed by atoms with Crippen LogP contribution in [-0.2, 0) is 44.0 Å². The topological polar surface area (TPSA) is 194 Å². The summed E-state index contributed by atoms with van der Waals surface area (Å²) in [6.45, 7) is 11.2. The molecule has 14 nitrogen and oxygen atoms in total. The van der Waals surface area contributed by atoms with Crippen molar-refractivity contribution in [2.24, 2.45) is 50.7 Å². The Balaban J connectivity index is 1.84. The molecule has 4 unspecified atom stereocenters. The monoisotopic (exact) mass is 646 g/mol. The second-order valence-electron chi connectivity index (χ2n) is 12.0. The lowest BCUT2D eigenvalue weighted by atomic mass is 9.75. The third kappa shape index (κ3) is 9.16. The smallest absolute Gasteiger partial charge is 0.317 e. The highest BCUT2D eigenvalue weighted by Crippen LogP contribution is 2.42. The van der Waals surface area contributed by atoms with Crippen LogP contribution in [0, 0.1) is 29.6 Å². The maximum absolute atomic E-state index is 13.6. The molecule has 2 aliphatic rings. The first-order valence-electron chi connectivity index (χ1n) is 14.6. The van der Waals surface area contributed by atoms with Gasteiger partial charge in [0, 0.05) is 50.4 Å². The number of rotatable bonds is 8. The van der Waals surface area contributed by atoms with Crippen LogP contribution in [-0.4, -0.2) is 82.6 Å². The summed E-state index contributed by atoms with van der Waals surface area (Å²) in [7, 11) is 1.53. The van der Waals surface area contributed by atoms with Crippen molar-refractivity contribution in [1.82, 2.24) is 9.97 Å². The molecular weight excluding hydrogens is 604 g/mol. The molecule has 7 atom stereocenters. The van der Waals surface area contributed by atoms with Gasteiger partial charge in [0.15, 0.2) is 12.4 Å². The van der Waals surface area contributed by atoms with Crippen molar-refractivity contribution in [1.29, 1.82) is 0 Å². The summed E-state index contributed by atoms with van der Waals surface area (Å²) in [5.41, 5.74) is 4.04. The summed E-state index contributed by atoms with van der Waals surface area (Å²) >= 11 is 1.26. The van der Waals surface area contributed by atoms with Crippen LogP contribution in [0.5, 0.6) is 0 Å². The van der Waals surface area contributed by atoms with Gasteiger partial charge in [-0.15, -0.1) is 5.10 Å². The number of fused-ring (bicyclic) bond motifs is 1. The van der Waals surface area contributed by atoms with Crippen molar-refractivity contribution < 1.29 is 38.2 Å². The summed E-state index contributed by atoms with van der Waals surface area (Å²) in [5, 5.41) is 11.9. The van der Waals surface area contributed by atoms with Crippen LogP contribution >= 0.6 is 11.8 Å². The summed E-state index contributed by atoms with van der Waals surface area (Å²) in [5.74, 6) is -5.33. The first-order valence-corrected chi connectivity index (χ1v) is 15.6. The highest BCUT2D eigenvalue weighted by molar-refractivity contribution is 8.13. The third-order valence-corrected chi connectivity index (χ3v) is 9.26. The molecule has 1 aromatic rings. The number of cyclic esters (lactones) is 1. The van der Waals surface area contributed by atoms with Crippen LogP contribution in [0.3, 0.4) is 0 Å². The van der Waals surface area contributed by atoms with E-state index >= 15 is 0 Å². The molecule has 2 saturated heterocycles. The zero-order chi connectivity index (χ0) is 33.4. The highest BCUT2D eigenvalue weighted by Gasteiger charge is 2.56. The van der Waals surface area contributed by atoms with Gasteiger partial charge in [-0.1, -0.05) is 30.8 Å². The molecule has 3 heterocycles. The van der Waals surface area contributed by atoms with Crippen LogP contribution in [0.1, 0.15) is 59.7 Å². The Morgan fingerprint density at radius 3 is 2.42 bits per heavy atom. The van der Waals surface area contributed by atoms with E-state index in [0.29, 0.717) is 29.5 Å². The highest BCUT2D eigenvalue weighted by atomic mass is 32.2. The van der Waals surface area contributed by atoms with E-state index in [-0.39, 0.29) is 37.0 Å². The molecule has 0 aliphatic carbocycles. The number of hydrogen-bond donors (Lipinski definition) is 1. The van der Waals surface area contributed by atoms with Crippen LogP contribution in [0.4, 0.5) is 0 Å². The molecule has 0 radical (unpaired) electrons. The normalized spacial score (nSPS) is 32.3. The van der Waals surface area contributed by atoms with E-state index in [1.165, 1.54) is 25.8 Å². The summed E-state index contributed by atoms with van der Waals surface area (Å²) in [6.07, 6.45) is 3.75. The molecule has 246 valence electrons. The molecule has 0 spiro atoms. The van der Waals surface area contributed by atoms with Gasteiger partial charge in [-0.05, 0) is 39.7 Å². The zero-order valence-electron chi connectivity index (χ0n) is 26.6. The number of esters is 2. The van der Waals surface area contributed by atoms with E-state index in [2.05, 4.69) is 32.0 Å². The Kier molecular flexibility index (Phi) is 12.3. The minimum atomic E-state index is -1.43. The summed E-state index contributed by atoms with van der Waals surface area (Å²) < 4.78 is 17.0. The number of ether oxygens (including phenoxy) is 3. The molecule has 0 aromatic carbocycles. The average Bonchev–Trinajstić information content (AvgIpc) is 3.26. The van der Waals surface area contributed by atoms with Crippen LogP contribution in [0.2, 0.25) is 0 Å². The van der Waals surface area contributed by atoms with E-state index in [4.69, 9.17) is 24.8 Å². The van der Waals surface area contributed by atoms with Crippen LogP contribution < -0.4 is 5.73 Å². The SMILES string of the molecule is C=N/N=C(/CO/N=C(\N)C1C(=O)O[C@]2(C)COC(=O)C(C)C(=O)C(C)C[C@](C)(OC)C[C@@H](C)C(=O)CC12)SCc1ncccn1. The average molecular weight is 647 g/mol. The number of ketones is 2. The Morgan fingerprint density at radius 1 is 1.11 bits per heavy atom. The molecule has 45 heavy (non-hydrogen) atoms. The fraction of sp³-hybridized carbons (Fsp3) is 0.633. The number of Topliss-reactive ketones (excluding diaryl/α,β-unsaturated/α-hetero) is 2. The number of hydrogen-bond acceptors (Lipinski definition) is 14. The molecule has 2 aliphatic heterocycles. The van der Waals surface area contributed by atoms with Crippen LogP contribution in [0.25, 0.3) is 0 Å². The van der Waals surface area contributed by atoms with Crippen molar-refractivity contribution in [2.45, 2.75) is 70.8 Å². The fourth-order valence-electron chi connectivity index (χ4n) is 5.69. The van der Waals surface area contributed by atoms with Crippen molar-refractivity contribution in [2.75, 3.05) is 20.3 Å². The van der Waals surface area contributed by atoms with Gasteiger partial charge in [0.25, 0.3) is 0 Å². The third-order valence-electron chi connectivity index (χ3n) is 8.33. The first-order chi connectivity index (χ1) is 21.2. The van der Waals surface area contributed by atoms with Crippen LogP contribution in [0.15, 0.2) is 33.8 Å². The van der Waals surface area contributed by atoms with E-state index in [9.17, 15) is 19.2 Å². The predicted octanol–water partition coefficient (Wildman–Crippen LogP) is 2.74. The minimum absolute atomic E-state index is 0.119. The van der Waals surface area contributed by atoms with E-state index in [1.54, 1.807) is 39.2 Å². The van der Waals surface area contributed by atoms with E-state index < -0.39 is 52.7 Å². The van der Waals surface area contributed by atoms with Crippen molar-refractivity contribution in [3.05, 3.63) is 24.3 Å². The van der Waals surface area contributed by atoms with E-state index in [1.807, 2.05) is 6.92 Å². The summed E-state index contributed by atoms with van der Waals surface area (Å²) in [6, 6.07) is 1.70. The molecular formula is C30H42N6O8S. The standard InChI is InChI=1S/C30H42N6O8S/c1-17-12-29(4,41-7)13-18(2)25(38)19(3)27(39)42-16-30(5)20(11-21(17)37)24(28(40)44-30)26(31)36-43-14-23(35-32-6)45-15-22-33-9-8-10-34-22/h8-10,17-20,24H,6,11-16H2,1-5,7H3,(H2,31,36)/b35-23-/t17-,18?,19?,20?,24?,29-,30-/m1/s1. The van der Waals surface area contributed by atoms with Gasteiger partial charge < -0.3 is 24.8 Å². The molecule has 1 aromatic heterocycles. The maximum Gasteiger partial charge on any atom is 0.317 e. The molecule has 2 fully saturated rings. The lowest BCUT2D eigenvalue weighted by Crippen LogP contribution is -2.45. The molecule has 0 saturated carbocycles. The number of carbonyl (C=O) groups is 4. The molecule has 0 bridgehead atoms. The zero-order valence-corrected chi connectivity index (χ0v) is 27.4. The van der Waals surface area contributed by atoms with Gasteiger partial charge in [0.05, 0.1) is 11.4 Å². The number of nitrogens with zero attached hydrogens (tertiary/aromatic N) is 5. The Morgan fingerprint density at radius 2 is 1.78 bits per heavy atom. The number of nitrogens with two attached hydrogens (primary N) is 1. The van der Waals surface area contributed by atoms with E-state index in [0.717, 1.165) is 0 Å². The number of thioether (sulfide) groups is 1. The second-order valence-corrected chi connectivity index (χ2v) is 13.0. The Bertz CT molecular complexity index is 1330. The van der Waals surface area contributed by atoms with Gasteiger partial charge in [-0.2, -0.15) is 5.10 Å². The number of oxime groups is 1. The predicted molar refractivity (Wildman–Crippen MR) is 167 cm³/mol. The first kappa shape index (κ1) is 35.8. The lowest BCUT2D eigenvalue weighted by molar-refractivity contribution is -0.168. The molecule has 2 N–H and O–H groups in total. The molecule has 3 rings (SSSR count). The fourth-order valence-corrected chi connectivity index (χ4v) is 6.39. The van der Waals surface area contributed by atoms with Crippen molar-refractivity contribution in [3.63, 3.8) is 0 Å². The number of carbonyl (C=O) groups excluding carboxylic acids is 4. The number of amidine groups is 1. The van der Waals surface area contributed by atoms with Gasteiger partial charge in [0.2, 0.25) is 0 Å². The lowest BCUT2D eigenvalue weighted by Gasteiger charge is -2.35. The Labute approximate surface area is 267 Å². The number of methoxy groups -OCH3 is 1. The maximum atomic E-state index is 13.6. The number of aromatic nitrogens is 2. The molecule has 15 heteroatoms. The van der Waals surface area contributed by atoms with Gasteiger partial charge in [-0.25, -0.2) is 9.97 Å². The Hall–Kier alpha value is -3.72. The van der Waals surface area contributed by atoms with Gasteiger partial charge in [0.1, 0.15) is 46.5 Å². The summed E-state index contributed by atoms with van der Waals surface area (Å²) in [4.78, 5) is 66.6. The largest absolute Gasteiger partial charge is 0.461 e. The van der Waals surface area contributed by atoms with Crippen molar-refractivity contribution in [3.8, 4) is 0 Å². The second kappa shape index (κ2) is 15.5. The van der Waals surface area contributed by atoms with Gasteiger partial charge >= 0.3 is 11.9 Å². The molecule has 0 amide bonds.